The smallest absolute Gasteiger partial charge is 0.307 e. The maximum absolute atomic E-state index is 13.8. The van der Waals surface area contributed by atoms with Crippen molar-refractivity contribution in [3.63, 3.8) is 0 Å². The molecule has 0 spiro atoms. The fourth-order valence-corrected chi connectivity index (χ4v) is 5.95. The van der Waals surface area contributed by atoms with E-state index in [0.717, 1.165) is 11.1 Å². The molecule has 10 heteroatoms. The highest BCUT2D eigenvalue weighted by Crippen LogP contribution is 2.28. The summed E-state index contributed by atoms with van der Waals surface area (Å²) in [5, 5.41) is 11.8. The summed E-state index contributed by atoms with van der Waals surface area (Å²) >= 11 is 5.95. The molecule has 37 heavy (non-hydrogen) atoms. The molecule has 4 rings (SSSR count). The monoisotopic (exact) mass is 542 g/mol. The van der Waals surface area contributed by atoms with Gasteiger partial charge in [-0.2, -0.15) is 0 Å². The van der Waals surface area contributed by atoms with Crippen LogP contribution >= 0.6 is 11.6 Å². The van der Waals surface area contributed by atoms with Crippen molar-refractivity contribution in [2.45, 2.75) is 30.2 Å². The number of carboxylic acid groups (broad SMARTS) is 1. The number of carbonyl (C=O) groups excluding carboxylic acids is 1. The zero-order chi connectivity index (χ0) is 26.6. The summed E-state index contributed by atoms with van der Waals surface area (Å²) in [5.74, 6) is -1.35. The van der Waals surface area contributed by atoms with Crippen LogP contribution < -0.4 is 10.1 Å². The Kier molecular flexibility index (Phi) is 8.16. The zero-order valence-electron chi connectivity index (χ0n) is 20.2. The van der Waals surface area contributed by atoms with Crippen LogP contribution in [-0.4, -0.2) is 55.3 Å². The Morgan fingerprint density at radius 1 is 1.05 bits per heavy atom. The highest BCUT2D eigenvalue weighted by atomic mass is 35.5. The Morgan fingerprint density at radius 3 is 2.41 bits per heavy atom. The standard InChI is InChI=1S/C27H27ClN2O6S/c1-18-2-9-22(10-3-18)37(34,35)25-16-29-12-13-30(25)27(33)23-14-20(15-26(31)32)6-11-24(23)36-17-19-4-7-21(28)8-5-19/h2-11,14,25,29H,12-13,15-17H2,1H3,(H,31,32). The lowest BCUT2D eigenvalue weighted by molar-refractivity contribution is -0.136. The van der Waals surface area contributed by atoms with Gasteiger partial charge in [0.2, 0.25) is 9.84 Å². The molecule has 194 valence electrons. The average molecular weight is 543 g/mol. The Morgan fingerprint density at radius 2 is 1.73 bits per heavy atom. The lowest BCUT2D eigenvalue weighted by atomic mass is 10.1. The molecule has 0 saturated carbocycles. The van der Waals surface area contributed by atoms with Crippen LogP contribution in [0.5, 0.6) is 5.75 Å². The van der Waals surface area contributed by atoms with E-state index in [1.165, 1.54) is 23.1 Å². The first-order valence-corrected chi connectivity index (χ1v) is 13.6. The van der Waals surface area contributed by atoms with Crippen molar-refractivity contribution in [3.05, 3.63) is 94.0 Å². The highest BCUT2D eigenvalue weighted by Gasteiger charge is 2.38. The lowest BCUT2D eigenvalue weighted by Crippen LogP contribution is -2.56. The van der Waals surface area contributed by atoms with E-state index in [-0.39, 0.29) is 42.3 Å². The number of sulfone groups is 1. The first-order chi connectivity index (χ1) is 17.6. The van der Waals surface area contributed by atoms with Crippen LogP contribution in [0.25, 0.3) is 0 Å². The van der Waals surface area contributed by atoms with Gasteiger partial charge in [0.05, 0.1) is 16.9 Å². The molecule has 1 amide bonds. The number of hydrogen-bond acceptors (Lipinski definition) is 6. The fraction of sp³-hybridized carbons (Fsp3) is 0.259. The zero-order valence-corrected chi connectivity index (χ0v) is 21.8. The van der Waals surface area contributed by atoms with Gasteiger partial charge in [-0.25, -0.2) is 8.42 Å². The van der Waals surface area contributed by atoms with E-state index in [2.05, 4.69) is 5.32 Å². The van der Waals surface area contributed by atoms with Crippen LogP contribution in [0.4, 0.5) is 0 Å². The molecule has 1 fully saturated rings. The molecule has 1 aliphatic rings. The number of ether oxygens (including phenoxy) is 1. The van der Waals surface area contributed by atoms with E-state index in [0.29, 0.717) is 17.1 Å². The molecule has 3 aromatic rings. The Labute approximate surface area is 220 Å². The maximum Gasteiger partial charge on any atom is 0.307 e. The SMILES string of the molecule is Cc1ccc(S(=O)(=O)C2CNCCN2C(=O)c2cc(CC(=O)O)ccc2OCc2ccc(Cl)cc2)cc1. The topological polar surface area (TPSA) is 113 Å². The predicted octanol–water partition coefficient (Wildman–Crippen LogP) is 3.70. The van der Waals surface area contributed by atoms with Gasteiger partial charge in [-0.15, -0.1) is 0 Å². The van der Waals surface area contributed by atoms with Crippen molar-refractivity contribution in [3.8, 4) is 5.75 Å². The summed E-state index contributed by atoms with van der Waals surface area (Å²) in [7, 11) is -3.89. The molecule has 1 saturated heterocycles. The van der Waals surface area contributed by atoms with Gasteiger partial charge in [0.25, 0.3) is 5.91 Å². The molecule has 0 radical (unpaired) electrons. The lowest BCUT2D eigenvalue weighted by Gasteiger charge is -2.36. The summed E-state index contributed by atoms with van der Waals surface area (Å²) in [5.41, 5.74) is 2.26. The van der Waals surface area contributed by atoms with E-state index < -0.39 is 27.1 Å². The van der Waals surface area contributed by atoms with Gasteiger partial charge in [-0.1, -0.05) is 47.5 Å². The molecule has 8 nitrogen and oxygen atoms in total. The van der Waals surface area contributed by atoms with Gasteiger partial charge in [-0.3, -0.25) is 9.59 Å². The van der Waals surface area contributed by atoms with E-state index in [1.807, 2.05) is 6.92 Å². The third kappa shape index (κ3) is 6.30. The summed E-state index contributed by atoms with van der Waals surface area (Å²) in [6.07, 6.45) is -0.287. The third-order valence-corrected chi connectivity index (χ3v) is 8.42. The number of piperazine rings is 1. The molecule has 3 aromatic carbocycles. The van der Waals surface area contributed by atoms with Gasteiger partial charge in [0.1, 0.15) is 12.4 Å². The number of amides is 1. The van der Waals surface area contributed by atoms with Crippen LogP contribution in [0.2, 0.25) is 5.02 Å². The molecular weight excluding hydrogens is 516 g/mol. The van der Waals surface area contributed by atoms with Gasteiger partial charge in [0, 0.05) is 24.7 Å². The number of carbonyl (C=O) groups is 2. The second-order valence-corrected chi connectivity index (χ2v) is 11.4. The number of aliphatic carboxylic acids is 1. The highest BCUT2D eigenvalue weighted by molar-refractivity contribution is 7.92. The summed E-state index contributed by atoms with van der Waals surface area (Å²) in [6.45, 7) is 2.65. The first kappa shape index (κ1) is 26.7. The van der Waals surface area contributed by atoms with E-state index in [1.54, 1.807) is 48.5 Å². The second kappa shape index (κ2) is 11.3. The summed E-state index contributed by atoms with van der Waals surface area (Å²) in [4.78, 5) is 26.6. The van der Waals surface area contributed by atoms with Crippen LogP contribution in [0.15, 0.2) is 71.6 Å². The molecular formula is C27H27ClN2O6S. The van der Waals surface area contributed by atoms with Gasteiger partial charge < -0.3 is 20.1 Å². The summed E-state index contributed by atoms with van der Waals surface area (Å²) < 4.78 is 33.0. The molecule has 2 N–H and O–H groups in total. The van der Waals surface area contributed by atoms with Gasteiger partial charge in [0.15, 0.2) is 5.37 Å². The second-order valence-electron chi connectivity index (χ2n) is 8.83. The number of nitrogens with zero attached hydrogens (tertiary/aromatic N) is 1. The number of rotatable bonds is 8. The Bertz CT molecular complexity index is 1390. The third-order valence-electron chi connectivity index (χ3n) is 6.10. The van der Waals surface area contributed by atoms with Crippen molar-refractivity contribution < 1.29 is 27.9 Å². The van der Waals surface area contributed by atoms with Crippen molar-refractivity contribution in [1.82, 2.24) is 10.2 Å². The number of nitrogens with one attached hydrogen (secondary N) is 1. The molecule has 1 aliphatic heterocycles. The number of halogens is 1. The van der Waals surface area contributed by atoms with E-state index in [9.17, 15) is 23.1 Å². The molecule has 1 unspecified atom stereocenters. The largest absolute Gasteiger partial charge is 0.488 e. The molecule has 0 aromatic heterocycles. The van der Waals surface area contributed by atoms with Crippen LogP contribution in [0, 0.1) is 6.92 Å². The molecule has 1 heterocycles. The van der Waals surface area contributed by atoms with E-state index >= 15 is 0 Å². The minimum Gasteiger partial charge on any atom is -0.488 e. The maximum atomic E-state index is 13.8. The molecule has 1 atom stereocenters. The van der Waals surface area contributed by atoms with Crippen LogP contribution in [-0.2, 0) is 27.7 Å². The fourth-order valence-electron chi connectivity index (χ4n) is 4.12. The summed E-state index contributed by atoms with van der Waals surface area (Å²) in [6, 6.07) is 18.1. The van der Waals surface area contributed by atoms with E-state index in [4.69, 9.17) is 16.3 Å². The predicted molar refractivity (Wildman–Crippen MR) is 140 cm³/mol. The average Bonchev–Trinajstić information content (AvgIpc) is 2.88. The van der Waals surface area contributed by atoms with Gasteiger partial charge in [-0.05, 0) is 54.4 Å². The van der Waals surface area contributed by atoms with Crippen molar-refractivity contribution in [2.75, 3.05) is 19.6 Å². The van der Waals surface area contributed by atoms with Crippen molar-refractivity contribution in [1.29, 1.82) is 0 Å². The normalized spacial score (nSPS) is 15.8. The quantitative estimate of drug-likeness (QED) is 0.446. The number of hydrogen-bond donors (Lipinski definition) is 2. The number of benzene rings is 3. The van der Waals surface area contributed by atoms with Crippen LogP contribution in [0.1, 0.15) is 27.0 Å². The van der Waals surface area contributed by atoms with Crippen LogP contribution in [0.3, 0.4) is 0 Å². The van der Waals surface area contributed by atoms with Gasteiger partial charge >= 0.3 is 5.97 Å². The molecule has 0 aliphatic carbocycles. The Balaban J connectivity index is 1.68. The number of carboxylic acids is 1. The number of aryl methyl sites for hydroxylation is 1. The van der Waals surface area contributed by atoms with Crippen molar-refractivity contribution >= 4 is 33.3 Å². The van der Waals surface area contributed by atoms with Crippen molar-refractivity contribution in [2.24, 2.45) is 0 Å². The molecule has 0 bridgehead atoms. The minimum absolute atomic E-state index is 0.0672. The Hall–Kier alpha value is -3.40. The first-order valence-electron chi connectivity index (χ1n) is 11.7. The minimum atomic E-state index is -3.89.